The summed E-state index contributed by atoms with van der Waals surface area (Å²) in [6, 6.07) is 3.87. The fraction of sp³-hybridized carbons (Fsp3) is 0.385. The molecule has 1 N–H and O–H groups in total. The molecule has 1 aromatic carbocycles. The van der Waals surface area contributed by atoms with Gasteiger partial charge in [-0.15, -0.1) is 0 Å². The number of hydrogen-bond acceptors (Lipinski definition) is 2. The van der Waals surface area contributed by atoms with E-state index < -0.39 is 0 Å². The molecule has 0 saturated heterocycles. The first kappa shape index (κ1) is 8.84. The summed E-state index contributed by atoms with van der Waals surface area (Å²) in [5.74, 6) is 1.25. The predicted octanol–water partition coefficient (Wildman–Crippen LogP) is 2.90. The van der Waals surface area contributed by atoms with Crippen LogP contribution in [0.2, 0.25) is 0 Å². The van der Waals surface area contributed by atoms with Gasteiger partial charge in [0.1, 0.15) is 5.60 Å². The molecule has 78 valence electrons. The smallest absolute Gasteiger partial charge is 0.165 e. The highest BCUT2D eigenvalue weighted by Crippen LogP contribution is 2.53. The van der Waals surface area contributed by atoms with Crippen molar-refractivity contribution in [2.45, 2.75) is 31.8 Å². The molecule has 1 aliphatic heterocycles. The number of aryl methyl sites for hydroxylation is 1. The maximum atomic E-state index is 9.83. The molecule has 0 spiro atoms. The minimum atomic E-state index is -0.173. The lowest BCUT2D eigenvalue weighted by molar-refractivity contribution is 0.111. The molecule has 0 fully saturated rings. The van der Waals surface area contributed by atoms with Gasteiger partial charge in [0, 0.05) is 17.9 Å². The van der Waals surface area contributed by atoms with Crippen molar-refractivity contribution in [2.24, 2.45) is 0 Å². The van der Waals surface area contributed by atoms with E-state index in [2.05, 4.69) is 25.1 Å². The lowest BCUT2D eigenvalue weighted by Gasteiger charge is -2.23. The van der Waals surface area contributed by atoms with E-state index in [0.717, 1.165) is 17.5 Å². The summed E-state index contributed by atoms with van der Waals surface area (Å²) in [5, 5.41) is 9.83. The summed E-state index contributed by atoms with van der Waals surface area (Å²) < 4.78 is 5.89. The van der Waals surface area contributed by atoms with Crippen LogP contribution in [-0.4, -0.2) is 10.7 Å². The number of ether oxygens (including phenoxy) is 1. The van der Waals surface area contributed by atoms with Gasteiger partial charge in [0.2, 0.25) is 0 Å². The van der Waals surface area contributed by atoms with Crippen molar-refractivity contribution >= 4 is 0 Å². The zero-order chi connectivity index (χ0) is 10.6. The fourth-order valence-electron chi connectivity index (χ4n) is 2.66. The summed E-state index contributed by atoms with van der Waals surface area (Å²) in [6.07, 6.45) is 5.27. The van der Waals surface area contributed by atoms with Crippen molar-refractivity contribution in [3.63, 3.8) is 0 Å². The van der Waals surface area contributed by atoms with Crippen molar-refractivity contribution in [2.75, 3.05) is 0 Å². The van der Waals surface area contributed by atoms with Gasteiger partial charge in [-0.25, -0.2) is 0 Å². The van der Waals surface area contributed by atoms with Gasteiger partial charge in [-0.3, -0.25) is 0 Å². The van der Waals surface area contributed by atoms with Crippen LogP contribution in [0.3, 0.4) is 0 Å². The van der Waals surface area contributed by atoms with Crippen LogP contribution >= 0.6 is 0 Å². The second-order valence-corrected chi connectivity index (χ2v) is 4.73. The maximum Gasteiger partial charge on any atom is 0.165 e. The average molecular weight is 202 g/mol. The maximum absolute atomic E-state index is 9.83. The molecule has 1 heterocycles. The molecular formula is C13H14O2. The van der Waals surface area contributed by atoms with Gasteiger partial charge >= 0.3 is 0 Å². The number of hydrogen-bond donors (Lipinski definition) is 1. The van der Waals surface area contributed by atoms with Gasteiger partial charge in [-0.1, -0.05) is 18.2 Å². The minimum Gasteiger partial charge on any atom is -0.504 e. The quantitative estimate of drug-likeness (QED) is 0.655. The van der Waals surface area contributed by atoms with Crippen molar-refractivity contribution < 1.29 is 9.84 Å². The van der Waals surface area contributed by atoms with Gasteiger partial charge in [0.25, 0.3) is 0 Å². The third-order valence-electron chi connectivity index (χ3n) is 3.42. The standard InChI is InChI=1S/C13H14O2/c1-8-6-9-10-4-3-5-13(10,2)15-12(9)11(14)7-8/h3-4,6-7,10,14H,5H2,1-2H3. The van der Waals surface area contributed by atoms with E-state index >= 15 is 0 Å². The first-order valence-electron chi connectivity index (χ1n) is 5.29. The molecule has 0 amide bonds. The molecule has 2 aliphatic rings. The molecule has 15 heavy (non-hydrogen) atoms. The second kappa shape index (κ2) is 2.57. The topological polar surface area (TPSA) is 29.5 Å². The summed E-state index contributed by atoms with van der Waals surface area (Å²) in [7, 11) is 0. The third-order valence-corrected chi connectivity index (χ3v) is 3.42. The van der Waals surface area contributed by atoms with Crippen LogP contribution in [0.5, 0.6) is 11.5 Å². The molecule has 1 aliphatic carbocycles. The number of phenolic OH excluding ortho intramolecular Hbond substituents is 1. The Kier molecular flexibility index (Phi) is 1.51. The van der Waals surface area contributed by atoms with Crippen molar-refractivity contribution in [1.29, 1.82) is 0 Å². The van der Waals surface area contributed by atoms with Crippen molar-refractivity contribution in [1.82, 2.24) is 0 Å². The lowest BCUT2D eigenvalue weighted by Crippen LogP contribution is -2.29. The number of aromatic hydroxyl groups is 1. The van der Waals surface area contributed by atoms with E-state index in [1.807, 2.05) is 6.92 Å². The molecule has 3 rings (SSSR count). The molecule has 1 aromatic rings. The summed E-state index contributed by atoms with van der Waals surface area (Å²) >= 11 is 0. The Balaban J connectivity index is 2.21. The van der Waals surface area contributed by atoms with E-state index in [-0.39, 0.29) is 11.4 Å². The number of phenols is 1. The van der Waals surface area contributed by atoms with Crippen LogP contribution in [0.1, 0.15) is 30.4 Å². The van der Waals surface area contributed by atoms with Gasteiger partial charge < -0.3 is 9.84 Å². The molecule has 2 unspecified atom stereocenters. The van der Waals surface area contributed by atoms with Crippen LogP contribution in [0.4, 0.5) is 0 Å². The Hall–Kier alpha value is -1.44. The first-order chi connectivity index (χ1) is 7.10. The van der Waals surface area contributed by atoms with Gasteiger partial charge in [-0.05, 0) is 25.5 Å². The van der Waals surface area contributed by atoms with E-state index in [9.17, 15) is 5.11 Å². The molecule has 0 saturated carbocycles. The molecule has 0 bridgehead atoms. The van der Waals surface area contributed by atoms with E-state index in [0.29, 0.717) is 11.7 Å². The Bertz CT molecular complexity index is 462. The molecule has 2 heteroatoms. The minimum absolute atomic E-state index is 0.173. The van der Waals surface area contributed by atoms with Crippen LogP contribution in [0, 0.1) is 6.92 Å². The van der Waals surface area contributed by atoms with Crippen LogP contribution in [0.15, 0.2) is 24.3 Å². The first-order valence-corrected chi connectivity index (χ1v) is 5.29. The largest absolute Gasteiger partial charge is 0.504 e. The van der Waals surface area contributed by atoms with Gasteiger partial charge in [-0.2, -0.15) is 0 Å². The zero-order valence-corrected chi connectivity index (χ0v) is 8.95. The summed E-state index contributed by atoms with van der Waals surface area (Å²) in [6.45, 7) is 4.10. The van der Waals surface area contributed by atoms with E-state index in [4.69, 9.17) is 4.74 Å². The summed E-state index contributed by atoms with van der Waals surface area (Å²) in [5.41, 5.74) is 2.04. The Morgan fingerprint density at radius 3 is 3.07 bits per heavy atom. The van der Waals surface area contributed by atoms with Gasteiger partial charge in [0.05, 0.1) is 0 Å². The number of fused-ring (bicyclic) bond motifs is 3. The zero-order valence-electron chi connectivity index (χ0n) is 8.95. The van der Waals surface area contributed by atoms with Crippen LogP contribution < -0.4 is 4.74 Å². The lowest BCUT2D eigenvalue weighted by atomic mass is 9.88. The van der Waals surface area contributed by atoms with Crippen molar-refractivity contribution in [3.05, 3.63) is 35.4 Å². The summed E-state index contributed by atoms with van der Waals surface area (Å²) in [4.78, 5) is 0. The molecule has 0 radical (unpaired) electrons. The normalized spacial score (nSPS) is 31.2. The van der Waals surface area contributed by atoms with E-state index in [1.165, 1.54) is 0 Å². The fourth-order valence-corrected chi connectivity index (χ4v) is 2.66. The highest BCUT2D eigenvalue weighted by atomic mass is 16.5. The Labute approximate surface area is 89.2 Å². The monoisotopic (exact) mass is 202 g/mol. The molecule has 2 atom stereocenters. The van der Waals surface area contributed by atoms with Crippen LogP contribution in [0.25, 0.3) is 0 Å². The Morgan fingerprint density at radius 1 is 1.47 bits per heavy atom. The predicted molar refractivity (Wildman–Crippen MR) is 58.4 cm³/mol. The van der Waals surface area contributed by atoms with Crippen LogP contribution in [-0.2, 0) is 0 Å². The van der Waals surface area contributed by atoms with E-state index in [1.54, 1.807) is 6.07 Å². The SMILES string of the molecule is Cc1cc(O)c2c(c1)C1C=CCC1(C)O2. The Morgan fingerprint density at radius 2 is 2.27 bits per heavy atom. The highest BCUT2D eigenvalue weighted by molar-refractivity contribution is 5.56. The third kappa shape index (κ3) is 1.05. The number of rotatable bonds is 0. The molecule has 2 nitrogen and oxygen atoms in total. The van der Waals surface area contributed by atoms with Crippen molar-refractivity contribution in [3.8, 4) is 11.5 Å². The number of benzene rings is 1. The molecular weight excluding hydrogens is 188 g/mol. The highest BCUT2D eigenvalue weighted by Gasteiger charge is 2.46. The molecule has 0 aromatic heterocycles. The van der Waals surface area contributed by atoms with Gasteiger partial charge in [0.15, 0.2) is 11.5 Å². The average Bonchev–Trinajstić information content (AvgIpc) is 2.62. The second-order valence-electron chi connectivity index (χ2n) is 4.73.